The van der Waals surface area contributed by atoms with E-state index >= 15 is 0 Å². The molecule has 5 atom stereocenters. The second-order valence-electron chi connectivity index (χ2n) is 10.3. The summed E-state index contributed by atoms with van der Waals surface area (Å²) < 4.78 is 39.3. The van der Waals surface area contributed by atoms with Crippen LogP contribution in [0.25, 0.3) is 0 Å². The van der Waals surface area contributed by atoms with Crippen LogP contribution in [0.15, 0.2) is 114 Å². The Kier molecular flexibility index (Phi) is 12.2. The molecule has 0 saturated carbocycles. The van der Waals surface area contributed by atoms with E-state index in [-0.39, 0.29) is 6.61 Å². The van der Waals surface area contributed by atoms with E-state index in [4.69, 9.17) is 40.0 Å². The lowest BCUT2D eigenvalue weighted by Gasteiger charge is -2.45. The molecule has 1 aliphatic rings. The second-order valence-corrected chi connectivity index (χ2v) is 11.6. The number of benzene rings is 4. The fourth-order valence-corrected chi connectivity index (χ4v) is 5.50. The summed E-state index contributed by atoms with van der Waals surface area (Å²) in [5, 5.41) is 0.684. The molecule has 5 rings (SSSR count). The fourth-order valence-electron chi connectivity index (χ4n) is 4.98. The van der Waals surface area contributed by atoms with Crippen LogP contribution in [0.3, 0.4) is 0 Å². The Balaban J connectivity index is 1.39. The summed E-state index contributed by atoms with van der Waals surface area (Å²) in [6, 6.07) is 35.7. The molecule has 1 fully saturated rings. The average molecular weight is 668 g/mol. The third-order valence-electron chi connectivity index (χ3n) is 7.25. The van der Waals surface area contributed by atoms with Gasteiger partial charge >= 0.3 is 0 Å². The van der Waals surface area contributed by atoms with Crippen molar-refractivity contribution in [1.29, 1.82) is 0 Å². The maximum atomic E-state index is 6.65. The van der Waals surface area contributed by atoms with Crippen LogP contribution in [0.5, 0.6) is 0 Å². The maximum absolute atomic E-state index is 6.65. The monoisotopic (exact) mass is 666 g/mol. The van der Waals surface area contributed by atoms with Crippen LogP contribution in [0.4, 0.5) is 0 Å². The summed E-state index contributed by atoms with van der Waals surface area (Å²) in [7, 11) is 1.62. The van der Waals surface area contributed by atoms with Crippen LogP contribution in [0.2, 0.25) is 5.02 Å². The molecule has 6 nitrogen and oxygen atoms in total. The van der Waals surface area contributed by atoms with E-state index < -0.39 is 30.7 Å². The zero-order chi connectivity index (χ0) is 29.9. The van der Waals surface area contributed by atoms with E-state index in [1.54, 1.807) is 7.11 Å². The Bertz CT molecular complexity index is 1370. The number of ether oxygens (including phenoxy) is 6. The highest BCUT2D eigenvalue weighted by Gasteiger charge is 2.48. The molecule has 0 bridgehead atoms. The summed E-state index contributed by atoms with van der Waals surface area (Å²) in [5.41, 5.74) is 4.11. The van der Waals surface area contributed by atoms with Gasteiger partial charge in [0.2, 0.25) is 0 Å². The Labute approximate surface area is 266 Å². The quantitative estimate of drug-likeness (QED) is 0.137. The number of hydrogen-bond acceptors (Lipinski definition) is 6. The zero-order valence-electron chi connectivity index (χ0n) is 24.0. The second kappa shape index (κ2) is 16.5. The first-order valence-corrected chi connectivity index (χ1v) is 15.4. The van der Waals surface area contributed by atoms with Crippen LogP contribution in [-0.2, 0) is 54.8 Å². The third-order valence-corrected chi connectivity index (χ3v) is 8.27. The Morgan fingerprint density at radius 3 is 1.81 bits per heavy atom. The van der Waals surface area contributed by atoms with Gasteiger partial charge in [-0.25, -0.2) is 0 Å². The van der Waals surface area contributed by atoms with Crippen molar-refractivity contribution in [3.8, 4) is 0 Å². The molecule has 4 aromatic rings. The number of halogens is 2. The summed E-state index contributed by atoms with van der Waals surface area (Å²) in [4.78, 5) is 0. The first-order valence-electron chi connectivity index (χ1n) is 14.3. The largest absolute Gasteiger partial charge is 0.374 e. The molecule has 0 N–H and O–H groups in total. The van der Waals surface area contributed by atoms with Crippen LogP contribution in [0, 0.1) is 0 Å². The van der Waals surface area contributed by atoms with Crippen molar-refractivity contribution in [3.05, 3.63) is 141 Å². The molecule has 8 heteroatoms. The number of hydrogen-bond donors (Lipinski definition) is 0. The highest BCUT2D eigenvalue weighted by Crippen LogP contribution is 2.32. The van der Waals surface area contributed by atoms with Crippen molar-refractivity contribution in [3.63, 3.8) is 0 Å². The Morgan fingerprint density at radius 2 is 1.19 bits per heavy atom. The molecule has 0 radical (unpaired) electrons. The lowest BCUT2D eigenvalue weighted by molar-refractivity contribution is -0.323. The lowest BCUT2D eigenvalue weighted by Crippen LogP contribution is -2.61. The molecule has 226 valence electrons. The van der Waals surface area contributed by atoms with Gasteiger partial charge in [0.05, 0.1) is 33.0 Å². The summed E-state index contributed by atoms with van der Waals surface area (Å²) in [6.45, 7) is 1.76. The van der Waals surface area contributed by atoms with Crippen molar-refractivity contribution in [2.24, 2.45) is 0 Å². The average Bonchev–Trinajstić information content (AvgIpc) is 3.04. The molecule has 4 aromatic carbocycles. The van der Waals surface area contributed by atoms with E-state index in [0.29, 0.717) is 31.5 Å². The molecule has 0 aliphatic carbocycles. The van der Waals surface area contributed by atoms with Crippen LogP contribution in [-0.4, -0.2) is 44.4 Å². The van der Waals surface area contributed by atoms with Gasteiger partial charge in [-0.15, -0.1) is 0 Å². The lowest BCUT2D eigenvalue weighted by atomic mass is 9.97. The minimum atomic E-state index is -0.705. The van der Waals surface area contributed by atoms with Gasteiger partial charge in [0.25, 0.3) is 0 Å². The van der Waals surface area contributed by atoms with Crippen molar-refractivity contribution in [2.75, 3.05) is 13.7 Å². The van der Waals surface area contributed by atoms with Gasteiger partial charge in [0.15, 0.2) is 6.29 Å². The van der Waals surface area contributed by atoms with Crippen molar-refractivity contribution in [2.45, 2.75) is 57.1 Å². The molecule has 1 unspecified atom stereocenters. The molecule has 0 amide bonds. The summed E-state index contributed by atoms with van der Waals surface area (Å²) in [6.07, 6.45) is -2.79. The number of rotatable bonds is 14. The summed E-state index contributed by atoms with van der Waals surface area (Å²) in [5.74, 6) is 0. The molecule has 0 spiro atoms. The van der Waals surface area contributed by atoms with Crippen molar-refractivity contribution < 1.29 is 28.4 Å². The van der Waals surface area contributed by atoms with Gasteiger partial charge < -0.3 is 28.4 Å². The molecular weight excluding hydrogens is 632 g/mol. The minimum Gasteiger partial charge on any atom is -0.374 e. The van der Waals surface area contributed by atoms with Crippen LogP contribution < -0.4 is 0 Å². The molecule has 1 heterocycles. The van der Waals surface area contributed by atoms with Gasteiger partial charge in [-0.1, -0.05) is 119 Å². The normalized spacial score (nSPS) is 22.0. The van der Waals surface area contributed by atoms with Crippen molar-refractivity contribution >= 4 is 27.5 Å². The molecular formula is C35H36BrClO6. The predicted octanol–water partition coefficient (Wildman–Crippen LogP) is 7.75. The van der Waals surface area contributed by atoms with Crippen LogP contribution >= 0.6 is 27.5 Å². The van der Waals surface area contributed by atoms with Gasteiger partial charge in [0.1, 0.15) is 24.4 Å². The number of methoxy groups -OCH3 is 1. The maximum Gasteiger partial charge on any atom is 0.186 e. The minimum absolute atomic E-state index is 0.268. The first kappa shape index (κ1) is 31.8. The molecule has 1 aliphatic heterocycles. The molecule has 1 saturated heterocycles. The van der Waals surface area contributed by atoms with Gasteiger partial charge in [0, 0.05) is 16.6 Å². The van der Waals surface area contributed by atoms with Gasteiger partial charge in [-0.3, -0.25) is 0 Å². The summed E-state index contributed by atoms with van der Waals surface area (Å²) >= 11 is 9.69. The Morgan fingerprint density at radius 1 is 0.628 bits per heavy atom. The highest BCUT2D eigenvalue weighted by atomic mass is 79.9. The first-order chi connectivity index (χ1) is 21.1. The fraction of sp³-hybridized carbons (Fsp3) is 0.314. The Hall–Kier alpha value is -2.59. The van der Waals surface area contributed by atoms with Crippen molar-refractivity contribution in [1.82, 2.24) is 0 Å². The smallest absolute Gasteiger partial charge is 0.186 e. The third kappa shape index (κ3) is 9.20. The zero-order valence-corrected chi connectivity index (χ0v) is 26.4. The van der Waals surface area contributed by atoms with E-state index in [1.165, 1.54) is 0 Å². The van der Waals surface area contributed by atoms with Crippen LogP contribution in [0.1, 0.15) is 22.3 Å². The van der Waals surface area contributed by atoms with Gasteiger partial charge in [-0.2, -0.15) is 0 Å². The predicted molar refractivity (Wildman–Crippen MR) is 170 cm³/mol. The van der Waals surface area contributed by atoms with Gasteiger partial charge in [-0.05, 0) is 40.5 Å². The van der Waals surface area contributed by atoms with E-state index in [1.807, 2.05) is 109 Å². The molecule has 0 aromatic heterocycles. The van der Waals surface area contributed by atoms with E-state index in [0.717, 1.165) is 26.7 Å². The van der Waals surface area contributed by atoms with E-state index in [2.05, 4.69) is 15.9 Å². The topological polar surface area (TPSA) is 55.4 Å². The standard InChI is InChI=1S/C35H36BrClO6/c1-38-35-34(42-23-28-14-8-9-15-30(28)36)33(41-22-26-12-6-3-7-13-26)32(40-21-25-10-4-2-5-11-25)31(43-35)24-39-20-27-16-18-29(37)19-17-27/h2-19,31-35H,20-24H2,1H3/t31-,32-,33+,34-,35?/m1/s1. The van der Waals surface area contributed by atoms with E-state index in [9.17, 15) is 0 Å². The highest BCUT2D eigenvalue weighted by molar-refractivity contribution is 9.10. The molecule has 43 heavy (non-hydrogen) atoms. The SMILES string of the molecule is COC1O[C@H](COCc2ccc(Cl)cc2)[C@@H](OCc2ccccc2)[C@H](OCc2ccccc2)[C@H]1OCc1ccccc1Br.